The minimum absolute atomic E-state index is 0.967. The minimum Gasteiger partial charge on any atom is -0.372 e. The van der Waals surface area contributed by atoms with Crippen molar-refractivity contribution in [1.29, 1.82) is 0 Å². The van der Waals surface area contributed by atoms with E-state index in [2.05, 4.69) is 15.6 Å². The normalized spacial score (nSPS) is 16.7. The third-order valence-electron chi connectivity index (χ3n) is 1.58. The molecule has 0 aromatic rings. The fraction of sp³-hybridized carbons (Fsp3) is 0.857. The van der Waals surface area contributed by atoms with Crippen LogP contribution in [0, 0.1) is 0 Å². The molecule has 0 amide bonds. The molecule has 1 heterocycles. The first-order valence-corrected chi connectivity index (χ1v) is 3.85. The van der Waals surface area contributed by atoms with Gasteiger partial charge in [-0.15, -0.1) is 0 Å². The van der Waals surface area contributed by atoms with E-state index >= 15 is 0 Å². The third kappa shape index (κ3) is 2.35. The number of hydrogen-bond acceptors (Lipinski definition) is 3. The van der Waals surface area contributed by atoms with Crippen LogP contribution < -0.4 is 10.6 Å². The molecule has 0 saturated heterocycles. The number of amidine groups is 1. The van der Waals surface area contributed by atoms with Gasteiger partial charge in [0.25, 0.3) is 0 Å². The summed E-state index contributed by atoms with van der Waals surface area (Å²) in [6, 6.07) is 0. The molecule has 0 unspecified atom stereocenters. The second-order valence-electron chi connectivity index (χ2n) is 2.46. The van der Waals surface area contributed by atoms with Gasteiger partial charge < -0.3 is 10.6 Å². The summed E-state index contributed by atoms with van der Waals surface area (Å²) in [6.45, 7) is 3.09. The van der Waals surface area contributed by atoms with Gasteiger partial charge in [0.2, 0.25) is 0 Å². The van der Waals surface area contributed by atoms with Crippen LogP contribution in [-0.4, -0.2) is 32.5 Å². The fourth-order valence-electron chi connectivity index (χ4n) is 1.05. The summed E-state index contributed by atoms with van der Waals surface area (Å²) in [5.74, 6) is 1.19. The first-order chi connectivity index (χ1) is 4.93. The molecular weight excluding hydrogens is 126 g/mol. The SMILES string of the molecule is CNCCCC1=NCCN1. The molecule has 1 rings (SSSR count). The Bertz CT molecular complexity index is 120. The average molecular weight is 141 g/mol. The molecule has 1 aliphatic heterocycles. The fourth-order valence-corrected chi connectivity index (χ4v) is 1.05. The third-order valence-corrected chi connectivity index (χ3v) is 1.58. The van der Waals surface area contributed by atoms with E-state index in [4.69, 9.17) is 0 Å². The number of aliphatic imine (C=N–C) groups is 1. The minimum atomic E-state index is 0.967. The Morgan fingerprint density at radius 3 is 3.20 bits per heavy atom. The molecule has 3 heteroatoms. The van der Waals surface area contributed by atoms with Gasteiger partial charge in [-0.2, -0.15) is 0 Å². The lowest BCUT2D eigenvalue weighted by atomic mass is 10.3. The Balaban J connectivity index is 2.01. The van der Waals surface area contributed by atoms with Crippen LogP contribution in [-0.2, 0) is 0 Å². The van der Waals surface area contributed by atoms with Gasteiger partial charge in [0.05, 0.1) is 12.4 Å². The molecule has 0 radical (unpaired) electrons. The molecule has 58 valence electrons. The van der Waals surface area contributed by atoms with E-state index in [9.17, 15) is 0 Å². The van der Waals surface area contributed by atoms with Crippen molar-refractivity contribution < 1.29 is 0 Å². The van der Waals surface area contributed by atoms with E-state index < -0.39 is 0 Å². The quantitative estimate of drug-likeness (QED) is 0.540. The Kier molecular flexibility index (Phi) is 3.22. The van der Waals surface area contributed by atoms with E-state index in [-0.39, 0.29) is 0 Å². The summed E-state index contributed by atoms with van der Waals surface area (Å²) in [4.78, 5) is 4.29. The Hall–Kier alpha value is -0.570. The van der Waals surface area contributed by atoms with Gasteiger partial charge in [0, 0.05) is 13.0 Å². The lowest BCUT2D eigenvalue weighted by Gasteiger charge is -2.00. The van der Waals surface area contributed by atoms with Crippen LogP contribution in [0.2, 0.25) is 0 Å². The average Bonchev–Trinajstić information content (AvgIpc) is 2.41. The van der Waals surface area contributed by atoms with Crippen molar-refractivity contribution in [3.05, 3.63) is 0 Å². The van der Waals surface area contributed by atoms with Crippen molar-refractivity contribution in [2.24, 2.45) is 4.99 Å². The van der Waals surface area contributed by atoms with Crippen LogP contribution in [0.15, 0.2) is 4.99 Å². The van der Waals surface area contributed by atoms with Gasteiger partial charge in [-0.25, -0.2) is 0 Å². The molecule has 0 fully saturated rings. The van der Waals surface area contributed by atoms with Gasteiger partial charge in [-0.1, -0.05) is 0 Å². The van der Waals surface area contributed by atoms with Crippen LogP contribution in [0.4, 0.5) is 0 Å². The van der Waals surface area contributed by atoms with Crippen LogP contribution >= 0.6 is 0 Å². The second-order valence-corrected chi connectivity index (χ2v) is 2.46. The first-order valence-electron chi connectivity index (χ1n) is 3.85. The Morgan fingerprint density at radius 1 is 1.70 bits per heavy atom. The summed E-state index contributed by atoms with van der Waals surface area (Å²) < 4.78 is 0. The van der Waals surface area contributed by atoms with Crippen molar-refractivity contribution in [2.45, 2.75) is 12.8 Å². The molecule has 0 aromatic heterocycles. The molecule has 3 nitrogen and oxygen atoms in total. The second kappa shape index (κ2) is 4.28. The van der Waals surface area contributed by atoms with Gasteiger partial charge in [-0.05, 0) is 20.0 Å². The van der Waals surface area contributed by atoms with E-state index in [1.165, 1.54) is 12.3 Å². The maximum Gasteiger partial charge on any atom is 0.0964 e. The molecule has 0 saturated carbocycles. The Labute approximate surface area is 61.9 Å². The summed E-state index contributed by atoms with van der Waals surface area (Å²) >= 11 is 0. The Morgan fingerprint density at radius 2 is 2.60 bits per heavy atom. The van der Waals surface area contributed by atoms with Crippen molar-refractivity contribution in [3.63, 3.8) is 0 Å². The van der Waals surface area contributed by atoms with Crippen LogP contribution in [0.3, 0.4) is 0 Å². The summed E-state index contributed by atoms with van der Waals surface area (Å²) in [5, 5.41) is 6.35. The zero-order valence-corrected chi connectivity index (χ0v) is 6.48. The molecule has 1 aliphatic rings. The molecule has 10 heavy (non-hydrogen) atoms. The van der Waals surface area contributed by atoms with Gasteiger partial charge in [0.1, 0.15) is 0 Å². The highest BCUT2D eigenvalue weighted by atomic mass is 15.1. The molecule has 2 N–H and O–H groups in total. The zero-order valence-electron chi connectivity index (χ0n) is 6.48. The topological polar surface area (TPSA) is 36.4 Å². The highest BCUT2D eigenvalue weighted by Gasteiger charge is 2.02. The first kappa shape index (κ1) is 7.54. The maximum absolute atomic E-state index is 4.29. The van der Waals surface area contributed by atoms with E-state index in [0.717, 1.165) is 26.1 Å². The van der Waals surface area contributed by atoms with Crippen LogP contribution in [0.25, 0.3) is 0 Å². The lowest BCUT2D eigenvalue weighted by Crippen LogP contribution is -2.19. The highest BCUT2D eigenvalue weighted by Crippen LogP contribution is 1.93. The van der Waals surface area contributed by atoms with Crippen molar-refractivity contribution in [1.82, 2.24) is 10.6 Å². The molecule has 0 aromatic carbocycles. The number of rotatable bonds is 4. The van der Waals surface area contributed by atoms with Crippen LogP contribution in [0.1, 0.15) is 12.8 Å². The monoisotopic (exact) mass is 141 g/mol. The van der Waals surface area contributed by atoms with E-state index in [1.807, 2.05) is 7.05 Å². The number of hydrogen-bond donors (Lipinski definition) is 2. The standard InChI is InChI=1S/C7H15N3/c1-8-4-2-3-7-9-5-6-10-7/h8H,2-6H2,1H3,(H,9,10). The van der Waals surface area contributed by atoms with Crippen molar-refractivity contribution in [3.8, 4) is 0 Å². The molecule has 0 aliphatic carbocycles. The molecule has 0 spiro atoms. The van der Waals surface area contributed by atoms with Gasteiger partial charge >= 0.3 is 0 Å². The maximum atomic E-state index is 4.29. The number of nitrogens with one attached hydrogen (secondary N) is 2. The molecule has 0 bridgehead atoms. The van der Waals surface area contributed by atoms with Crippen molar-refractivity contribution in [2.75, 3.05) is 26.7 Å². The van der Waals surface area contributed by atoms with Crippen molar-refractivity contribution >= 4 is 5.84 Å². The largest absolute Gasteiger partial charge is 0.372 e. The zero-order chi connectivity index (χ0) is 7.23. The predicted octanol–water partition coefficient (Wildman–Crippen LogP) is -0.0123. The molecule has 0 atom stereocenters. The van der Waals surface area contributed by atoms with E-state index in [1.54, 1.807) is 0 Å². The number of nitrogens with zero attached hydrogens (tertiary/aromatic N) is 1. The summed E-state index contributed by atoms with van der Waals surface area (Å²) in [5.41, 5.74) is 0. The summed E-state index contributed by atoms with van der Waals surface area (Å²) in [6.07, 6.45) is 2.28. The highest BCUT2D eigenvalue weighted by molar-refractivity contribution is 5.83. The predicted molar refractivity (Wildman–Crippen MR) is 43.5 cm³/mol. The van der Waals surface area contributed by atoms with Gasteiger partial charge in [0.15, 0.2) is 0 Å². The van der Waals surface area contributed by atoms with Crippen LogP contribution in [0.5, 0.6) is 0 Å². The van der Waals surface area contributed by atoms with E-state index in [0.29, 0.717) is 0 Å². The smallest absolute Gasteiger partial charge is 0.0964 e. The summed E-state index contributed by atoms with van der Waals surface area (Å²) in [7, 11) is 1.98. The van der Waals surface area contributed by atoms with Gasteiger partial charge in [-0.3, -0.25) is 4.99 Å². The molecular formula is C7H15N3. The lowest BCUT2D eigenvalue weighted by molar-refractivity contribution is 0.740.